The van der Waals surface area contributed by atoms with Gasteiger partial charge in [-0.15, -0.1) is 24.0 Å². The van der Waals surface area contributed by atoms with Gasteiger partial charge in [0.15, 0.2) is 5.96 Å². The van der Waals surface area contributed by atoms with Gasteiger partial charge in [-0.1, -0.05) is 42.5 Å². The zero-order chi connectivity index (χ0) is 23.6. The fraction of sp³-hybridized carbons (Fsp3) is 0.320. The lowest BCUT2D eigenvalue weighted by Gasteiger charge is -2.21. The second-order valence-corrected chi connectivity index (χ2v) is 8.13. The number of nitrogens with one attached hydrogen (secondary N) is 3. The lowest BCUT2D eigenvalue weighted by molar-refractivity contribution is 0.0951. The molecule has 1 heterocycles. The molecule has 9 heteroatoms. The molecule has 0 unspecified atom stereocenters. The van der Waals surface area contributed by atoms with E-state index < -0.39 is 0 Å². The van der Waals surface area contributed by atoms with E-state index in [0.29, 0.717) is 25.2 Å². The smallest absolute Gasteiger partial charge is 0.251 e. The van der Waals surface area contributed by atoms with Crippen molar-refractivity contribution in [1.82, 2.24) is 30.4 Å². The molecule has 0 atom stereocenters. The van der Waals surface area contributed by atoms with E-state index in [9.17, 15) is 4.79 Å². The Balaban J connectivity index is 0.00000408. The van der Waals surface area contributed by atoms with Gasteiger partial charge in [-0.25, -0.2) is 4.98 Å². The molecule has 0 aliphatic carbocycles. The Bertz CT molecular complexity index is 1070. The number of nitrogens with zero attached hydrogens (tertiary/aromatic N) is 4. The Hall–Kier alpha value is -2.92. The predicted molar refractivity (Wildman–Crippen MR) is 148 cm³/mol. The van der Waals surface area contributed by atoms with Crippen molar-refractivity contribution in [3.63, 3.8) is 0 Å². The van der Waals surface area contributed by atoms with Crippen LogP contribution in [0.1, 0.15) is 21.7 Å². The Morgan fingerprint density at radius 3 is 2.53 bits per heavy atom. The molecule has 1 aromatic heterocycles. The summed E-state index contributed by atoms with van der Waals surface area (Å²) in [5.74, 6) is 1.54. The van der Waals surface area contributed by atoms with Crippen LogP contribution in [-0.2, 0) is 13.1 Å². The quantitative estimate of drug-likeness (QED) is 0.207. The summed E-state index contributed by atoms with van der Waals surface area (Å²) in [7, 11) is 7.69. The topological polar surface area (TPSA) is 88.7 Å². The molecule has 3 N–H and O–H groups in total. The molecule has 0 saturated heterocycles. The van der Waals surface area contributed by atoms with Crippen LogP contribution in [0.5, 0.6) is 0 Å². The number of aliphatic imine (C=N–C) groups is 1. The molecular weight excluding hydrogens is 541 g/mol. The molecule has 0 bridgehead atoms. The molecule has 3 aromatic rings. The summed E-state index contributed by atoms with van der Waals surface area (Å²) in [5.41, 5.74) is 3.75. The number of carbonyl (C=O) groups excluding carboxylic acids is 1. The minimum Gasteiger partial charge on any atom is -0.352 e. The summed E-state index contributed by atoms with van der Waals surface area (Å²) in [6.07, 6.45) is 1.85. The average molecular weight is 575 g/mol. The lowest BCUT2D eigenvalue weighted by Crippen LogP contribution is -2.38. The van der Waals surface area contributed by atoms with Gasteiger partial charge in [0.1, 0.15) is 5.82 Å². The molecular formula is C25H34IN7O. The van der Waals surface area contributed by atoms with Crippen molar-refractivity contribution in [3.05, 3.63) is 77.7 Å². The molecule has 0 aliphatic rings. The van der Waals surface area contributed by atoms with E-state index >= 15 is 0 Å². The summed E-state index contributed by atoms with van der Waals surface area (Å²) in [5, 5.41) is 6.31. The molecule has 34 heavy (non-hydrogen) atoms. The molecule has 0 saturated carbocycles. The largest absolute Gasteiger partial charge is 0.352 e. The first-order valence-corrected chi connectivity index (χ1v) is 11.0. The number of guanidine groups is 1. The summed E-state index contributed by atoms with van der Waals surface area (Å²) >= 11 is 0. The summed E-state index contributed by atoms with van der Waals surface area (Å²) in [6, 6.07) is 17.8. The summed E-state index contributed by atoms with van der Waals surface area (Å²) in [6.45, 7) is 2.56. The van der Waals surface area contributed by atoms with Gasteiger partial charge >= 0.3 is 0 Å². The molecule has 182 valence electrons. The highest BCUT2D eigenvalue weighted by molar-refractivity contribution is 14.0. The van der Waals surface area contributed by atoms with Crippen molar-refractivity contribution in [2.45, 2.75) is 13.1 Å². The fourth-order valence-electron chi connectivity index (χ4n) is 3.39. The highest BCUT2D eigenvalue weighted by atomic mass is 127. The van der Waals surface area contributed by atoms with Gasteiger partial charge in [-0.05, 0) is 37.4 Å². The zero-order valence-corrected chi connectivity index (χ0v) is 22.5. The third-order valence-electron chi connectivity index (χ3n) is 5.16. The Morgan fingerprint density at radius 1 is 1.06 bits per heavy atom. The molecule has 1 amide bonds. The highest BCUT2D eigenvalue weighted by Crippen LogP contribution is 2.16. The van der Waals surface area contributed by atoms with Crippen LogP contribution < -0.4 is 10.6 Å². The van der Waals surface area contributed by atoms with Crippen molar-refractivity contribution < 1.29 is 4.79 Å². The number of hydrogen-bond acceptors (Lipinski definition) is 4. The second-order valence-electron chi connectivity index (χ2n) is 8.13. The Morgan fingerprint density at radius 2 is 1.82 bits per heavy atom. The number of likely N-dealkylation sites (N-methyl/N-ethyl adjacent to an activating group) is 1. The lowest BCUT2D eigenvalue weighted by atomic mass is 10.1. The number of amides is 1. The first-order valence-electron chi connectivity index (χ1n) is 11.0. The van der Waals surface area contributed by atoms with E-state index in [1.165, 1.54) is 0 Å². The molecule has 0 spiro atoms. The first-order chi connectivity index (χ1) is 16.0. The standard InChI is InChI=1S/C25H33N7O.HI/c1-26-25(32(4)18-23-28-17-22(30-23)20-10-6-5-7-11-20)29-16-19-9-8-12-21(15-19)24(33)27-13-14-31(2)3;/h5-12,15,17H,13-14,16,18H2,1-4H3,(H,26,29)(H,27,33)(H,28,30);1H. The van der Waals surface area contributed by atoms with Crippen molar-refractivity contribution in [2.75, 3.05) is 41.3 Å². The summed E-state index contributed by atoms with van der Waals surface area (Å²) in [4.78, 5) is 28.7. The van der Waals surface area contributed by atoms with Crippen LogP contribution in [0.3, 0.4) is 0 Å². The minimum absolute atomic E-state index is 0. The van der Waals surface area contributed by atoms with E-state index in [1.54, 1.807) is 7.05 Å². The van der Waals surface area contributed by atoms with Crippen LogP contribution in [0.2, 0.25) is 0 Å². The number of H-pyrrole nitrogens is 1. The van der Waals surface area contributed by atoms with E-state index in [4.69, 9.17) is 0 Å². The van der Waals surface area contributed by atoms with Crippen molar-refractivity contribution >= 4 is 35.8 Å². The van der Waals surface area contributed by atoms with Crippen LogP contribution in [0.4, 0.5) is 0 Å². The number of aromatic amines is 1. The number of hydrogen-bond donors (Lipinski definition) is 3. The van der Waals surface area contributed by atoms with Crippen LogP contribution in [0.25, 0.3) is 11.3 Å². The molecule has 2 aromatic carbocycles. The number of rotatable bonds is 9. The molecule has 0 fully saturated rings. The van der Waals surface area contributed by atoms with Gasteiger partial charge in [0.05, 0.1) is 18.4 Å². The van der Waals surface area contributed by atoms with Crippen LogP contribution >= 0.6 is 24.0 Å². The molecule has 8 nitrogen and oxygen atoms in total. The van der Waals surface area contributed by atoms with E-state index in [-0.39, 0.29) is 29.9 Å². The van der Waals surface area contributed by atoms with Gasteiger partial charge in [-0.2, -0.15) is 0 Å². The predicted octanol–water partition coefficient (Wildman–Crippen LogP) is 3.19. The average Bonchev–Trinajstić information content (AvgIpc) is 3.28. The fourth-order valence-corrected chi connectivity index (χ4v) is 3.39. The maximum atomic E-state index is 12.4. The minimum atomic E-state index is -0.0627. The van der Waals surface area contributed by atoms with Gasteiger partial charge in [0, 0.05) is 39.3 Å². The normalized spacial score (nSPS) is 11.1. The highest BCUT2D eigenvalue weighted by Gasteiger charge is 2.11. The number of imidazole rings is 1. The maximum absolute atomic E-state index is 12.4. The molecule has 0 radical (unpaired) electrons. The first kappa shape index (κ1) is 27.3. The van der Waals surface area contributed by atoms with Crippen LogP contribution in [0.15, 0.2) is 65.8 Å². The third-order valence-corrected chi connectivity index (χ3v) is 5.16. The van der Waals surface area contributed by atoms with E-state index in [0.717, 1.165) is 35.1 Å². The van der Waals surface area contributed by atoms with Crippen molar-refractivity contribution in [2.24, 2.45) is 4.99 Å². The van der Waals surface area contributed by atoms with Crippen LogP contribution in [-0.4, -0.2) is 72.9 Å². The number of benzene rings is 2. The zero-order valence-electron chi connectivity index (χ0n) is 20.2. The second kappa shape index (κ2) is 13.7. The molecule has 3 rings (SSSR count). The van der Waals surface area contributed by atoms with Crippen molar-refractivity contribution in [3.8, 4) is 11.3 Å². The number of carbonyl (C=O) groups is 1. The van der Waals surface area contributed by atoms with Crippen molar-refractivity contribution in [1.29, 1.82) is 0 Å². The van der Waals surface area contributed by atoms with Crippen LogP contribution in [0, 0.1) is 0 Å². The third kappa shape index (κ3) is 8.14. The maximum Gasteiger partial charge on any atom is 0.251 e. The van der Waals surface area contributed by atoms with Gasteiger partial charge < -0.3 is 25.4 Å². The SMILES string of the molecule is CN=C(NCc1cccc(C(=O)NCCN(C)C)c1)N(C)Cc1ncc(-c2ccccc2)[nH]1.I. The van der Waals surface area contributed by atoms with E-state index in [2.05, 4.69) is 37.7 Å². The van der Waals surface area contributed by atoms with Gasteiger partial charge in [0.2, 0.25) is 0 Å². The molecule has 0 aliphatic heterocycles. The van der Waals surface area contributed by atoms with E-state index in [1.807, 2.05) is 79.6 Å². The van der Waals surface area contributed by atoms with Gasteiger partial charge in [0.25, 0.3) is 5.91 Å². The van der Waals surface area contributed by atoms with Gasteiger partial charge in [-0.3, -0.25) is 9.79 Å². The monoisotopic (exact) mass is 575 g/mol. The summed E-state index contributed by atoms with van der Waals surface area (Å²) < 4.78 is 0. The number of aromatic nitrogens is 2. The number of halogens is 1. The Kier molecular flexibility index (Phi) is 11.0. The Labute approximate surface area is 218 Å².